The van der Waals surface area contributed by atoms with Gasteiger partial charge in [-0.3, -0.25) is 14.4 Å². The number of urea groups is 1. The maximum absolute atomic E-state index is 12.0. The van der Waals surface area contributed by atoms with Crippen LogP contribution in [0.15, 0.2) is 6.07 Å². The first kappa shape index (κ1) is 17.5. The number of amides is 3. The van der Waals surface area contributed by atoms with Gasteiger partial charge in [0.25, 0.3) is 5.91 Å². The van der Waals surface area contributed by atoms with Gasteiger partial charge in [-0.2, -0.15) is 5.10 Å². The van der Waals surface area contributed by atoms with Crippen molar-refractivity contribution < 1.29 is 14.7 Å². The number of β-amino-alcohol motifs (C(OH)–C–C–N with tert-alkyl or cyclic N) is 1. The Morgan fingerprint density at radius 1 is 1.33 bits per heavy atom. The van der Waals surface area contributed by atoms with Crippen LogP contribution in [0, 0.1) is 13.8 Å². The molecule has 2 rings (SSSR count). The number of nitrogens with one attached hydrogen (secondary N) is 1. The van der Waals surface area contributed by atoms with Crippen molar-refractivity contribution in [2.24, 2.45) is 0 Å². The van der Waals surface area contributed by atoms with Crippen molar-refractivity contribution in [3.05, 3.63) is 17.5 Å². The van der Waals surface area contributed by atoms with E-state index in [2.05, 4.69) is 10.4 Å². The molecule has 1 unspecified atom stereocenters. The Labute approximate surface area is 129 Å². The number of imide groups is 1. The van der Waals surface area contributed by atoms with Crippen LogP contribution >= 0.6 is 12.4 Å². The molecule has 1 aromatic heterocycles. The fourth-order valence-corrected chi connectivity index (χ4v) is 2.31. The average molecular weight is 317 g/mol. The molecule has 118 valence electrons. The SMILES string of the molecule is Cc1cc(C)n(CC(O)CN2C(=O)NC(C)(C)C2=O)n1.Cl. The number of hydrogen-bond acceptors (Lipinski definition) is 4. The van der Waals surface area contributed by atoms with Crippen LogP contribution in [0.25, 0.3) is 0 Å². The van der Waals surface area contributed by atoms with Crippen molar-refractivity contribution in [2.75, 3.05) is 6.54 Å². The Balaban J connectivity index is 0.00000220. The number of aryl methyl sites for hydroxylation is 2. The summed E-state index contributed by atoms with van der Waals surface area (Å²) in [6.45, 7) is 7.25. The van der Waals surface area contributed by atoms with E-state index in [-0.39, 0.29) is 31.4 Å². The van der Waals surface area contributed by atoms with Gasteiger partial charge in [0.1, 0.15) is 5.54 Å². The van der Waals surface area contributed by atoms with Crippen molar-refractivity contribution in [1.82, 2.24) is 20.0 Å². The van der Waals surface area contributed by atoms with E-state index in [1.165, 1.54) is 0 Å². The van der Waals surface area contributed by atoms with Gasteiger partial charge in [-0.25, -0.2) is 4.79 Å². The first-order valence-corrected chi connectivity index (χ1v) is 6.54. The van der Waals surface area contributed by atoms with E-state index in [1.807, 2.05) is 19.9 Å². The molecule has 0 spiro atoms. The van der Waals surface area contributed by atoms with Crippen molar-refractivity contribution in [3.8, 4) is 0 Å². The second-order valence-corrected chi connectivity index (χ2v) is 5.73. The monoisotopic (exact) mass is 316 g/mol. The van der Waals surface area contributed by atoms with Crippen LogP contribution in [0.3, 0.4) is 0 Å². The van der Waals surface area contributed by atoms with Gasteiger partial charge in [-0.15, -0.1) is 12.4 Å². The van der Waals surface area contributed by atoms with Crippen molar-refractivity contribution in [1.29, 1.82) is 0 Å². The summed E-state index contributed by atoms with van der Waals surface area (Å²) in [4.78, 5) is 24.8. The lowest BCUT2D eigenvalue weighted by molar-refractivity contribution is -0.131. The van der Waals surface area contributed by atoms with Crippen LogP contribution in [-0.4, -0.2) is 49.9 Å². The molecule has 1 atom stereocenters. The zero-order chi connectivity index (χ0) is 15.1. The van der Waals surface area contributed by atoms with E-state index >= 15 is 0 Å². The number of carbonyl (C=O) groups excluding carboxylic acids is 2. The van der Waals surface area contributed by atoms with Crippen LogP contribution < -0.4 is 5.32 Å². The molecule has 2 N–H and O–H groups in total. The first-order valence-electron chi connectivity index (χ1n) is 6.54. The molecule has 1 fully saturated rings. The summed E-state index contributed by atoms with van der Waals surface area (Å²) in [6, 6.07) is 1.44. The molecule has 2 heterocycles. The smallest absolute Gasteiger partial charge is 0.325 e. The predicted octanol–water partition coefficient (Wildman–Crippen LogP) is 0.613. The van der Waals surface area contributed by atoms with Gasteiger partial charge in [0, 0.05) is 5.69 Å². The zero-order valence-electron chi connectivity index (χ0n) is 12.6. The number of aromatic nitrogens is 2. The summed E-state index contributed by atoms with van der Waals surface area (Å²) >= 11 is 0. The molecule has 0 radical (unpaired) electrons. The zero-order valence-corrected chi connectivity index (χ0v) is 13.4. The van der Waals surface area contributed by atoms with E-state index in [0.717, 1.165) is 16.3 Å². The third kappa shape index (κ3) is 3.54. The highest BCUT2D eigenvalue weighted by Crippen LogP contribution is 2.17. The minimum Gasteiger partial charge on any atom is -0.389 e. The Morgan fingerprint density at radius 3 is 2.38 bits per heavy atom. The van der Waals surface area contributed by atoms with E-state index in [9.17, 15) is 14.7 Å². The molecule has 0 aromatic carbocycles. The topological polar surface area (TPSA) is 87.5 Å². The molecular formula is C13H21ClN4O3. The number of nitrogens with zero attached hydrogens (tertiary/aromatic N) is 3. The highest BCUT2D eigenvalue weighted by Gasteiger charge is 2.44. The number of aliphatic hydroxyl groups is 1. The first-order chi connectivity index (χ1) is 9.20. The Hall–Kier alpha value is -1.60. The number of carbonyl (C=O) groups is 2. The quantitative estimate of drug-likeness (QED) is 0.797. The number of rotatable bonds is 4. The largest absolute Gasteiger partial charge is 0.389 e. The summed E-state index contributed by atoms with van der Waals surface area (Å²) in [6.07, 6.45) is -0.850. The third-order valence-corrected chi connectivity index (χ3v) is 3.32. The van der Waals surface area contributed by atoms with Crippen molar-refractivity contribution in [2.45, 2.75) is 45.9 Å². The molecule has 21 heavy (non-hydrogen) atoms. The minimum absolute atomic E-state index is 0. The maximum atomic E-state index is 12.0. The summed E-state index contributed by atoms with van der Waals surface area (Å²) < 4.78 is 1.67. The fraction of sp³-hybridized carbons (Fsp3) is 0.615. The summed E-state index contributed by atoms with van der Waals surface area (Å²) in [5, 5.41) is 16.9. The summed E-state index contributed by atoms with van der Waals surface area (Å²) in [5.74, 6) is -0.324. The van der Waals surface area contributed by atoms with Gasteiger partial charge >= 0.3 is 6.03 Å². The molecule has 8 heteroatoms. The predicted molar refractivity (Wildman–Crippen MR) is 79.3 cm³/mol. The molecule has 0 bridgehead atoms. The number of halogens is 1. The molecule has 1 saturated heterocycles. The molecular weight excluding hydrogens is 296 g/mol. The lowest BCUT2D eigenvalue weighted by Crippen LogP contribution is -2.42. The Morgan fingerprint density at radius 2 is 1.95 bits per heavy atom. The molecule has 0 aliphatic carbocycles. The molecule has 1 aromatic rings. The van der Waals surface area contributed by atoms with Gasteiger partial charge in [0.2, 0.25) is 0 Å². The fourth-order valence-electron chi connectivity index (χ4n) is 2.31. The van der Waals surface area contributed by atoms with E-state index in [4.69, 9.17) is 0 Å². The van der Waals surface area contributed by atoms with Crippen molar-refractivity contribution in [3.63, 3.8) is 0 Å². The van der Waals surface area contributed by atoms with Crippen LogP contribution in [0.1, 0.15) is 25.2 Å². The van der Waals surface area contributed by atoms with Gasteiger partial charge in [0.15, 0.2) is 0 Å². The van der Waals surface area contributed by atoms with Gasteiger partial charge < -0.3 is 10.4 Å². The Kier molecular flexibility index (Phi) is 5.01. The van der Waals surface area contributed by atoms with Gasteiger partial charge in [-0.1, -0.05) is 0 Å². The number of hydrogen-bond donors (Lipinski definition) is 2. The van der Waals surface area contributed by atoms with Crippen molar-refractivity contribution >= 4 is 24.3 Å². The second kappa shape index (κ2) is 6.03. The van der Waals surface area contributed by atoms with Crippen LogP contribution in [-0.2, 0) is 11.3 Å². The summed E-state index contributed by atoms with van der Waals surface area (Å²) in [7, 11) is 0. The highest BCUT2D eigenvalue weighted by molar-refractivity contribution is 6.06. The van der Waals surface area contributed by atoms with E-state index in [0.29, 0.717) is 0 Å². The second-order valence-electron chi connectivity index (χ2n) is 5.73. The third-order valence-electron chi connectivity index (χ3n) is 3.32. The molecule has 1 aliphatic heterocycles. The standard InChI is InChI=1S/C13H20N4O3.ClH/c1-8-5-9(2)17(15-8)7-10(18)6-16-11(19)13(3,4)14-12(16)20;/h5,10,18H,6-7H2,1-4H3,(H,14,20);1H. The lowest BCUT2D eigenvalue weighted by Gasteiger charge is -2.19. The van der Waals surface area contributed by atoms with Gasteiger partial charge in [-0.05, 0) is 33.8 Å². The van der Waals surface area contributed by atoms with Crippen LogP contribution in [0.2, 0.25) is 0 Å². The maximum Gasteiger partial charge on any atom is 0.325 e. The van der Waals surface area contributed by atoms with Crippen LogP contribution in [0.4, 0.5) is 4.79 Å². The normalized spacial score (nSPS) is 18.4. The lowest BCUT2D eigenvalue weighted by atomic mass is 10.1. The minimum atomic E-state index is -0.908. The van der Waals surface area contributed by atoms with E-state index in [1.54, 1.807) is 18.5 Å². The molecule has 1 aliphatic rings. The Bertz CT molecular complexity index is 556. The average Bonchev–Trinajstić information content (AvgIpc) is 2.71. The number of aliphatic hydroxyl groups excluding tert-OH is 1. The van der Waals surface area contributed by atoms with E-state index < -0.39 is 17.7 Å². The molecule has 7 nitrogen and oxygen atoms in total. The molecule has 3 amide bonds. The highest BCUT2D eigenvalue weighted by atomic mass is 35.5. The summed E-state index contributed by atoms with van der Waals surface area (Å²) in [5.41, 5.74) is 0.888. The van der Waals surface area contributed by atoms with Gasteiger partial charge in [0.05, 0.1) is 24.9 Å². The molecule has 0 saturated carbocycles. The van der Waals surface area contributed by atoms with Crippen LogP contribution in [0.5, 0.6) is 0 Å².